The standard InChI is InChI=1S/C26H22N2/c1-18-11-12-25(27-17-18)28-23-10-5-3-8-20(23)16-24(28)22-15-19-7-2-4-9-21(19)26(22)13-6-14-26/h2-5,7-12,15-17H,6,13-14H2,1H3. The predicted octanol–water partition coefficient (Wildman–Crippen LogP) is 6.31. The highest BCUT2D eigenvalue weighted by atomic mass is 15.1. The molecule has 0 atom stereocenters. The Labute approximate surface area is 165 Å². The van der Waals surface area contributed by atoms with Crippen LogP contribution in [0.4, 0.5) is 0 Å². The smallest absolute Gasteiger partial charge is 0.137 e. The molecule has 0 saturated heterocycles. The lowest BCUT2D eigenvalue weighted by atomic mass is 9.61. The molecule has 0 radical (unpaired) electrons. The summed E-state index contributed by atoms with van der Waals surface area (Å²) in [4.78, 5) is 4.78. The Morgan fingerprint density at radius 1 is 0.929 bits per heavy atom. The van der Waals surface area contributed by atoms with Crippen molar-refractivity contribution in [2.24, 2.45) is 0 Å². The van der Waals surface area contributed by atoms with E-state index < -0.39 is 0 Å². The molecule has 136 valence electrons. The lowest BCUT2D eigenvalue weighted by molar-refractivity contribution is 0.331. The van der Waals surface area contributed by atoms with Crippen molar-refractivity contribution in [3.63, 3.8) is 0 Å². The molecule has 2 heterocycles. The first-order valence-electron chi connectivity index (χ1n) is 10.1. The largest absolute Gasteiger partial charge is 0.294 e. The maximum Gasteiger partial charge on any atom is 0.137 e. The molecule has 0 bridgehead atoms. The molecule has 2 heteroatoms. The highest BCUT2D eigenvalue weighted by Crippen LogP contribution is 2.58. The van der Waals surface area contributed by atoms with E-state index in [0.717, 1.165) is 5.82 Å². The Bertz CT molecular complexity index is 1240. The van der Waals surface area contributed by atoms with Crippen molar-refractivity contribution in [1.29, 1.82) is 0 Å². The average Bonchev–Trinajstić information content (AvgIpc) is 3.24. The number of para-hydroxylation sites is 1. The Morgan fingerprint density at radius 3 is 2.54 bits per heavy atom. The SMILES string of the molecule is Cc1ccc(-n2c(C3=Cc4ccccc4C34CCC4)cc3ccccc32)nc1. The van der Waals surface area contributed by atoms with Gasteiger partial charge in [-0.3, -0.25) is 4.57 Å². The van der Waals surface area contributed by atoms with Crippen LogP contribution >= 0.6 is 0 Å². The van der Waals surface area contributed by atoms with Crippen molar-refractivity contribution in [3.05, 3.63) is 95.3 Å². The molecule has 2 nitrogen and oxygen atoms in total. The Hall–Kier alpha value is -3.13. The van der Waals surface area contributed by atoms with Crippen LogP contribution in [-0.2, 0) is 5.41 Å². The summed E-state index contributed by atoms with van der Waals surface area (Å²) in [5.41, 5.74) is 8.21. The van der Waals surface area contributed by atoms with Crippen LogP contribution in [-0.4, -0.2) is 9.55 Å². The second-order valence-corrected chi connectivity index (χ2v) is 8.20. The molecule has 1 saturated carbocycles. The van der Waals surface area contributed by atoms with E-state index in [1.54, 1.807) is 0 Å². The highest BCUT2D eigenvalue weighted by molar-refractivity contribution is 5.98. The van der Waals surface area contributed by atoms with Crippen LogP contribution in [0.25, 0.3) is 28.4 Å². The molecule has 0 N–H and O–H groups in total. The van der Waals surface area contributed by atoms with Crippen LogP contribution < -0.4 is 0 Å². The fourth-order valence-corrected chi connectivity index (χ4v) is 5.08. The summed E-state index contributed by atoms with van der Waals surface area (Å²) in [6.07, 6.45) is 8.16. The van der Waals surface area contributed by atoms with E-state index in [9.17, 15) is 0 Å². The van der Waals surface area contributed by atoms with Crippen molar-refractivity contribution >= 4 is 22.6 Å². The van der Waals surface area contributed by atoms with Gasteiger partial charge in [0.05, 0.1) is 11.2 Å². The van der Waals surface area contributed by atoms with E-state index >= 15 is 0 Å². The van der Waals surface area contributed by atoms with Gasteiger partial charge in [-0.2, -0.15) is 0 Å². The second-order valence-electron chi connectivity index (χ2n) is 8.20. The van der Waals surface area contributed by atoms with Crippen LogP contribution in [0.2, 0.25) is 0 Å². The number of pyridine rings is 1. The molecule has 0 unspecified atom stereocenters. The predicted molar refractivity (Wildman–Crippen MR) is 116 cm³/mol. The minimum Gasteiger partial charge on any atom is -0.294 e. The lowest BCUT2D eigenvalue weighted by Crippen LogP contribution is -2.34. The summed E-state index contributed by atoms with van der Waals surface area (Å²) in [6.45, 7) is 2.09. The van der Waals surface area contributed by atoms with Crippen LogP contribution in [0.1, 0.15) is 41.6 Å². The van der Waals surface area contributed by atoms with Crippen LogP contribution in [0.15, 0.2) is 72.9 Å². The number of aryl methyl sites for hydroxylation is 1. The van der Waals surface area contributed by atoms with E-state index in [4.69, 9.17) is 4.98 Å². The third kappa shape index (κ3) is 2.06. The van der Waals surface area contributed by atoms with Gasteiger partial charge in [0.1, 0.15) is 5.82 Å². The molecule has 2 aliphatic carbocycles. The van der Waals surface area contributed by atoms with Crippen molar-refractivity contribution in [2.75, 3.05) is 0 Å². The Morgan fingerprint density at radius 2 is 1.75 bits per heavy atom. The number of hydrogen-bond acceptors (Lipinski definition) is 1. The van der Waals surface area contributed by atoms with E-state index in [1.165, 1.54) is 58.1 Å². The fourth-order valence-electron chi connectivity index (χ4n) is 5.08. The van der Waals surface area contributed by atoms with Crippen LogP contribution in [0.3, 0.4) is 0 Å². The summed E-state index contributed by atoms with van der Waals surface area (Å²) < 4.78 is 2.35. The number of rotatable bonds is 2. The molecule has 1 fully saturated rings. The van der Waals surface area contributed by atoms with Gasteiger partial charge in [0.15, 0.2) is 0 Å². The van der Waals surface area contributed by atoms with Gasteiger partial charge in [0.25, 0.3) is 0 Å². The first kappa shape index (κ1) is 15.9. The van der Waals surface area contributed by atoms with E-state index in [0.29, 0.717) is 0 Å². The molecule has 28 heavy (non-hydrogen) atoms. The molecule has 0 aliphatic heterocycles. The number of fused-ring (bicyclic) bond motifs is 3. The van der Waals surface area contributed by atoms with Crippen molar-refractivity contribution in [1.82, 2.24) is 9.55 Å². The highest BCUT2D eigenvalue weighted by Gasteiger charge is 2.47. The zero-order valence-corrected chi connectivity index (χ0v) is 16.0. The van der Waals surface area contributed by atoms with E-state index in [1.807, 2.05) is 6.20 Å². The number of aromatic nitrogens is 2. The van der Waals surface area contributed by atoms with E-state index in [2.05, 4.69) is 84.3 Å². The fraction of sp³-hybridized carbons (Fsp3) is 0.192. The van der Waals surface area contributed by atoms with Gasteiger partial charge in [0.2, 0.25) is 0 Å². The summed E-state index contributed by atoms with van der Waals surface area (Å²) in [5.74, 6) is 0.994. The topological polar surface area (TPSA) is 17.8 Å². The normalized spacial score (nSPS) is 16.8. The molecule has 2 aromatic carbocycles. The van der Waals surface area contributed by atoms with Gasteiger partial charge >= 0.3 is 0 Å². The number of allylic oxidation sites excluding steroid dienone is 1. The van der Waals surface area contributed by atoms with Gasteiger partial charge in [0, 0.05) is 17.0 Å². The van der Waals surface area contributed by atoms with Gasteiger partial charge in [-0.05, 0) is 66.3 Å². The average molecular weight is 362 g/mol. The molecule has 2 aromatic heterocycles. The van der Waals surface area contributed by atoms with Gasteiger partial charge in [-0.25, -0.2) is 4.98 Å². The molecular weight excluding hydrogens is 340 g/mol. The molecule has 4 aromatic rings. The molecule has 6 rings (SSSR count). The molecule has 2 aliphatic rings. The Balaban J connectivity index is 1.64. The van der Waals surface area contributed by atoms with Gasteiger partial charge < -0.3 is 0 Å². The first-order valence-corrected chi connectivity index (χ1v) is 10.1. The minimum atomic E-state index is 0.174. The summed E-state index contributed by atoms with van der Waals surface area (Å²) in [7, 11) is 0. The second kappa shape index (κ2) is 5.68. The van der Waals surface area contributed by atoms with Gasteiger partial charge in [-0.1, -0.05) is 55.0 Å². The maximum atomic E-state index is 4.78. The van der Waals surface area contributed by atoms with Crippen molar-refractivity contribution in [2.45, 2.75) is 31.6 Å². The number of benzene rings is 2. The zero-order valence-electron chi connectivity index (χ0n) is 16.0. The third-order valence-electron chi connectivity index (χ3n) is 6.61. The van der Waals surface area contributed by atoms with Crippen LogP contribution in [0.5, 0.6) is 0 Å². The summed E-state index contributed by atoms with van der Waals surface area (Å²) in [5, 5.41) is 1.27. The quantitative estimate of drug-likeness (QED) is 0.408. The number of hydrogen-bond donors (Lipinski definition) is 0. The monoisotopic (exact) mass is 362 g/mol. The van der Waals surface area contributed by atoms with Crippen molar-refractivity contribution in [3.8, 4) is 5.82 Å². The third-order valence-corrected chi connectivity index (χ3v) is 6.61. The molecular formula is C26H22N2. The van der Waals surface area contributed by atoms with E-state index in [-0.39, 0.29) is 5.41 Å². The lowest BCUT2D eigenvalue weighted by Gasteiger charge is -2.42. The summed E-state index contributed by atoms with van der Waals surface area (Å²) >= 11 is 0. The van der Waals surface area contributed by atoms with Gasteiger partial charge in [-0.15, -0.1) is 0 Å². The zero-order chi connectivity index (χ0) is 18.7. The van der Waals surface area contributed by atoms with Crippen molar-refractivity contribution < 1.29 is 0 Å². The molecule has 1 spiro atoms. The van der Waals surface area contributed by atoms with Crippen LogP contribution in [0, 0.1) is 6.92 Å². The Kier molecular flexibility index (Phi) is 3.22. The molecule has 0 amide bonds. The summed E-state index contributed by atoms with van der Waals surface area (Å²) in [6, 6.07) is 24.2. The first-order chi connectivity index (χ1) is 13.8. The number of nitrogens with zero attached hydrogens (tertiary/aromatic N) is 2. The maximum absolute atomic E-state index is 4.78. The minimum absolute atomic E-state index is 0.174.